The first kappa shape index (κ1) is 28.6. The second-order valence-corrected chi connectivity index (χ2v) is 11.5. The molecule has 2 aromatic heterocycles. The van der Waals surface area contributed by atoms with Crippen LogP contribution in [-0.4, -0.2) is 75.6 Å². The van der Waals surface area contributed by atoms with Crippen molar-refractivity contribution in [2.75, 3.05) is 43.5 Å². The van der Waals surface area contributed by atoms with Gasteiger partial charge in [0.1, 0.15) is 23.6 Å². The van der Waals surface area contributed by atoms with E-state index in [0.717, 1.165) is 41.8 Å². The van der Waals surface area contributed by atoms with Gasteiger partial charge in [0, 0.05) is 68.3 Å². The first-order valence-electron chi connectivity index (χ1n) is 15.0. The topological polar surface area (TPSA) is 138 Å². The van der Waals surface area contributed by atoms with E-state index >= 15 is 0 Å². The van der Waals surface area contributed by atoms with Crippen molar-refractivity contribution >= 4 is 34.4 Å². The zero-order chi connectivity index (χ0) is 31.1. The van der Waals surface area contributed by atoms with E-state index < -0.39 is 5.76 Å². The fraction of sp³-hybridized carbons (Fsp3) is 0.344. The van der Waals surface area contributed by atoms with Crippen LogP contribution >= 0.6 is 0 Å². The molecule has 2 amide bonds. The van der Waals surface area contributed by atoms with Crippen LogP contribution in [0.1, 0.15) is 40.0 Å². The molecule has 0 saturated carbocycles. The minimum atomic E-state index is -0.490. The third-order valence-corrected chi connectivity index (χ3v) is 8.81. The van der Waals surface area contributed by atoms with Gasteiger partial charge in [-0.25, -0.2) is 25.0 Å². The Bertz CT molecular complexity index is 1870. The number of fused-ring (bicyclic) bond motifs is 2. The quantitative estimate of drug-likeness (QED) is 0.300. The molecular weight excluding hydrogens is 576 g/mol. The number of aromatic nitrogens is 3. The average Bonchev–Trinajstić information content (AvgIpc) is 3.63. The van der Waals surface area contributed by atoms with Crippen molar-refractivity contribution in [3.05, 3.63) is 87.9 Å². The maximum atomic E-state index is 13.7. The molecule has 0 aliphatic carbocycles. The van der Waals surface area contributed by atoms with Crippen LogP contribution in [0, 0.1) is 0 Å². The van der Waals surface area contributed by atoms with Crippen molar-refractivity contribution in [1.82, 2.24) is 29.9 Å². The predicted octanol–water partition coefficient (Wildman–Crippen LogP) is 3.05. The number of benzene rings is 2. The summed E-state index contributed by atoms with van der Waals surface area (Å²) in [4.78, 5) is 52.0. The molecule has 2 aromatic carbocycles. The number of ketones is 1. The zero-order valence-corrected chi connectivity index (χ0v) is 25.2. The van der Waals surface area contributed by atoms with Gasteiger partial charge in [0.15, 0.2) is 5.58 Å². The molecule has 3 aliphatic heterocycles. The van der Waals surface area contributed by atoms with E-state index in [0.29, 0.717) is 55.2 Å². The number of methoxy groups -OCH3 is 1. The molecule has 4 aromatic rings. The van der Waals surface area contributed by atoms with Crippen LogP contribution in [0.15, 0.2) is 64.2 Å². The number of hydrogen-bond acceptors (Lipinski definition) is 10. The maximum absolute atomic E-state index is 13.7. The number of amides is 2. The Balaban J connectivity index is 1.06. The molecule has 0 spiro atoms. The third-order valence-electron chi connectivity index (χ3n) is 8.81. The Hall–Kier alpha value is -5.17. The first-order valence-corrected chi connectivity index (χ1v) is 15.0. The highest BCUT2D eigenvalue weighted by Crippen LogP contribution is 2.29. The highest BCUT2D eigenvalue weighted by molar-refractivity contribution is 6.09. The Morgan fingerprint density at radius 3 is 2.71 bits per heavy atom. The van der Waals surface area contributed by atoms with Gasteiger partial charge in [0.2, 0.25) is 5.78 Å². The van der Waals surface area contributed by atoms with Crippen LogP contribution in [0.25, 0.3) is 11.1 Å². The van der Waals surface area contributed by atoms with Gasteiger partial charge in [0.25, 0.3) is 0 Å². The number of oxazole rings is 1. The number of ether oxygens (including phenoxy) is 1. The van der Waals surface area contributed by atoms with E-state index in [2.05, 4.69) is 25.6 Å². The number of carbonyl (C=O) groups excluding carboxylic acids is 2. The Kier molecular flexibility index (Phi) is 7.45. The van der Waals surface area contributed by atoms with Crippen molar-refractivity contribution in [2.24, 2.45) is 7.05 Å². The van der Waals surface area contributed by atoms with E-state index in [-0.39, 0.29) is 23.6 Å². The van der Waals surface area contributed by atoms with E-state index in [1.165, 1.54) is 10.9 Å². The van der Waals surface area contributed by atoms with E-state index in [4.69, 9.17) is 9.15 Å². The van der Waals surface area contributed by atoms with Crippen LogP contribution in [0.4, 0.5) is 16.3 Å². The molecule has 0 atom stereocenters. The molecule has 0 unspecified atom stereocenters. The molecule has 13 nitrogen and oxygen atoms in total. The van der Waals surface area contributed by atoms with Crippen LogP contribution in [0.2, 0.25) is 0 Å². The Morgan fingerprint density at radius 1 is 1.09 bits per heavy atom. The minimum Gasteiger partial charge on any atom is -0.497 e. The fourth-order valence-electron chi connectivity index (χ4n) is 6.43. The van der Waals surface area contributed by atoms with Gasteiger partial charge in [-0.05, 0) is 55.2 Å². The summed E-state index contributed by atoms with van der Waals surface area (Å²) >= 11 is 0. The molecular formula is C32H34N8O5. The molecule has 7 rings (SSSR count). The molecule has 0 bridgehead atoms. The van der Waals surface area contributed by atoms with E-state index in [9.17, 15) is 14.4 Å². The SMILES string of the molecule is COc1ccc2c(c1)CCN(C1CCN(c3cc(C(=O)c4cc(CN5C=CCN5)c5c(c4)oc(=O)n5C)ncn3)CC1)C(=O)N2. The number of piperidine rings is 1. The number of nitrogens with zero attached hydrogens (tertiary/aromatic N) is 6. The minimum absolute atomic E-state index is 0.0885. The number of carbonyl (C=O) groups is 2. The normalized spacial score (nSPS) is 17.0. The second kappa shape index (κ2) is 11.7. The molecule has 3 aliphatic rings. The van der Waals surface area contributed by atoms with Crippen LogP contribution < -0.4 is 26.1 Å². The maximum Gasteiger partial charge on any atom is 0.419 e. The number of aryl methyl sites for hydroxylation is 1. The summed E-state index contributed by atoms with van der Waals surface area (Å²) < 4.78 is 12.3. The lowest BCUT2D eigenvalue weighted by Crippen LogP contribution is -2.49. The number of hydrogen-bond donors (Lipinski definition) is 2. The summed E-state index contributed by atoms with van der Waals surface area (Å²) in [5.41, 5.74) is 7.51. The lowest BCUT2D eigenvalue weighted by molar-refractivity contribution is 0.103. The van der Waals surface area contributed by atoms with Gasteiger partial charge in [-0.15, -0.1) is 0 Å². The predicted molar refractivity (Wildman–Crippen MR) is 167 cm³/mol. The Labute approximate surface area is 259 Å². The standard InChI is InChI=1S/C32H34N8O5/c1-37-29-22(18-39-10-3-9-35-39)14-21(16-27(29)45-32(37)43)30(41)26-17-28(34-19-33-26)38-11-7-23(8-12-38)40-13-6-20-15-24(44-2)4-5-25(20)36-31(40)42/h3-5,10,14-17,19,23,35H,6-9,11-13,18H2,1-2H3,(H,36,42). The lowest BCUT2D eigenvalue weighted by Gasteiger charge is -2.38. The molecule has 13 heteroatoms. The van der Waals surface area contributed by atoms with Crippen LogP contribution in [0.3, 0.4) is 0 Å². The van der Waals surface area contributed by atoms with Crippen molar-refractivity contribution in [2.45, 2.75) is 31.8 Å². The highest BCUT2D eigenvalue weighted by atomic mass is 16.5. The fourth-order valence-corrected chi connectivity index (χ4v) is 6.43. The van der Waals surface area contributed by atoms with Gasteiger partial charge >= 0.3 is 11.8 Å². The molecule has 1 fully saturated rings. The van der Waals surface area contributed by atoms with Crippen molar-refractivity contribution < 1.29 is 18.7 Å². The summed E-state index contributed by atoms with van der Waals surface area (Å²) in [6.07, 6.45) is 7.61. The molecule has 0 radical (unpaired) electrons. The van der Waals surface area contributed by atoms with E-state index in [1.54, 1.807) is 32.4 Å². The summed E-state index contributed by atoms with van der Waals surface area (Å²) in [7, 11) is 3.29. The summed E-state index contributed by atoms with van der Waals surface area (Å²) in [6, 6.07) is 10.8. The van der Waals surface area contributed by atoms with Gasteiger partial charge in [-0.2, -0.15) is 0 Å². The van der Waals surface area contributed by atoms with Crippen LogP contribution in [0.5, 0.6) is 5.75 Å². The van der Waals surface area contributed by atoms with E-state index in [1.807, 2.05) is 40.4 Å². The number of anilines is 2. The number of rotatable bonds is 7. The Morgan fingerprint density at radius 2 is 1.93 bits per heavy atom. The van der Waals surface area contributed by atoms with Gasteiger partial charge in [0.05, 0.1) is 19.2 Å². The second-order valence-electron chi connectivity index (χ2n) is 11.5. The van der Waals surface area contributed by atoms with Crippen molar-refractivity contribution in [3.8, 4) is 5.75 Å². The molecule has 1 saturated heterocycles. The zero-order valence-electron chi connectivity index (χ0n) is 25.2. The number of nitrogens with one attached hydrogen (secondary N) is 2. The van der Waals surface area contributed by atoms with Crippen LogP contribution in [-0.2, 0) is 20.0 Å². The highest BCUT2D eigenvalue weighted by Gasteiger charge is 2.31. The van der Waals surface area contributed by atoms with Gasteiger partial charge in [-0.3, -0.25) is 9.36 Å². The van der Waals surface area contributed by atoms with Crippen molar-refractivity contribution in [3.63, 3.8) is 0 Å². The number of urea groups is 1. The lowest BCUT2D eigenvalue weighted by atomic mass is 10.0. The van der Waals surface area contributed by atoms with Gasteiger partial charge < -0.3 is 29.3 Å². The summed E-state index contributed by atoms with van der Waals surface area (Å²) in [5.74, 6) is 0.656. The van der Waals surface area contributed by atoms with Crippen molar-refractivity contribution in [1.29, 1.82) is 0 Å². The summed E-state index contributed by atoms with van der Waals surface area (Å²) in [5, 5.41) is 4.96. The molecule has 2 N–H and O–H groups in total. The average molecular weight is 611 g/mol. The largest absolute Gasteiger partial charge is 0.497 e. The monoisotopic (exact) mass is 610 g/mol. The smallest absolute Gasteiger partial charge is 0.419 e. The third kappa shape index (κ3) is 5.50. The molecule has 5 heterocycles. The molecule has 232 valence electrons. The first-order chi connectivity index (χ1) is 21.9. The molecule has 45 heavy (non-hydrogen) atoms. The van der Waals surface area contributed by atoms with Gasteiger partial charge in [-0.1, -0.05) is 6.08 Å². The summed E-state index contributed by atoms with van der Waals surface area (Å²) in [6.45, 7) is 3.15. The number of hydrazine groups is 1.